The van der Waals surface area contributed by atoms with Crippen molar-refractivity contribution in [3.05, 3.63) is 42.0 Å². The fraction of sp³-hybridized carbons (Fsp3) is 0.560. The molecule has 32 heavy (non-hydrogen) atoms. The molecule has 172 valence electrons. The number of aromatic nitrogens is 2. The van der Waals surface area contributed by atoms with E-state index in [1.165, 1.54) is 6.33 Å². The highest BCUT2D eigenvalue weighted by atomic mass is 19.1. The van der Waals surface area contributed by atoms with Crippen molar-refractivity contribution in [1.29, 1.82) is 0 Å². The quantitative estimate of drug-likeness (QED) is 0.493. The van der Waals surface area contributed by atoms with Crippen LogP contribution in [-0.4, -0.2) is 41.6 Å². The normalized spacial score (nSPS) is 19.1. The second kappa shape index (κ2) is 10.3. The third-order valence-corrected chi connectivity index (χ3v) is 6.15. The molecular formula is C25H32FN3O3. The molecule has 2 aromatic rings. The van der Waals surface area contributed by atoms with Gasteiger partial charge in [-0.15, -0.1) is 0 Å². The second-order valence-electron chi connectivity index (χ2n) is 9.01. The van der Waals surface area contributed by atoms with Crippen LogP contribution in [0.5, 0.6) is 11.6 Å². The molecule has 0 N–H and O–H groups in total. The van der Waals surface area contributed by atoms with Gasteiger partial charge >= 0.3 is 0 Å². The molecule has 2 aliphatic rings. The van der Waals surface area contributed by atoms with Crippen LogP contribution in [0.4, 0.5) is 10.2 Å². The van der Waals surface area contributed by atoms with Gasteiger partial charge in [-0.25, -0.2) is 4.98 Å². The van der Waals surface area contributed by atoms with Gasteiger partial charge in [0.1, 0.15) is 24.0 Å². The number of rotatable bonds is 11. The topological polar surface area (TPSA) is 64.5 Å². The first kappa shape index (κ1) is 22.5. The van der Waals surface area contributed by atoms with E-state index >= 15 is 0 Å². The van der Waals surface area contributed by atoms with Crippen molar-refractivity contribution < 1.29 is 18.7 Å². The summed E-state index contributed by atoms with van der Waals surface area (Å²) in [5.41, 5.74) is 1.14. The number of halogens is 1. The van der Waals surface area contributed by atoms with Crippen LogP contribution in [0.1, 0.15) is 63.9 Å². The van der Waals surface area contributed by atoms with Crippen LogP contribution >= 0.6 is 0 Å². The minimum Gasteiger partial charge on any atom is -0.489 e. The predicted molar refractivity (Wildman–Crippen MR) is 121 cm³/mol. The van der Waals surface area contributed by atoms with Gasteiger partial charge < -0.3 is 14.4 Å². The van der Waals surface area contributed by atoms with E-state index in [0.29, 0.717) is 44.2 Å². The minimum absolute atomic E-state index is 0.0356. The highest BCUT2D eigenvalue weighted by Gasteiger charge is 2.29. The SMILES string of the molecule is CCCC(=O)C[C@@H](C)c1ccc(OC2CCN(c3ncnc(OCC4CC4)c3F)C2)cc1. The van der Waals surface area contributed by atoms with Gasteiger partial charge in [-0.1, -0.05) is 26.0 Å². The lowest BCUT2D eigenvalue weighted by atomic mass is 9.94. The number of nitrogens with zero attached hydrogens (tertiary/aromatic N) is 3. The van der Waals surface area contributed by atoms with Crippen LogP contribution in [0.15, 0.2) is 30.6 Å². The Balaban J connectivity index is 1.31. The lowest BCUT2D eigenvalue weighted by Gasteiger charge is -2.19. The fourth-order valence-corrected chi connectivity index (χ4v) is 4.07. The summed E-state index contributed by atoms with van der Waals surface area (Å²) in [7, 11) is 0. The Labute approximate surface area is 189 Å². The monoisotopic (exact) mass is 441 g/mol. The summed E-state index contributed by atoms with van der Waals surface area (Å²) in [6.45, 7) is 5.84. The number of benzene rings is 1. The second-order valence-corrected chi connectivity index (χ2v) is 9.01. The zero-order chi connectivity index (χ0) is 22.5. The van der Waals surface area contributed by atoms with Gasteiger partial charge in [-0.3, -0.25) is 4.79 Å². The average molecular weight is 442 g/mol. The van der Waals surface area contributed by atoms with Gasteiger partial charge in [0.25, 0.3) is 5.88 Å². The molecule has 4 rings (SSSR count). The summed E-state index contributed by atoms with van der Waals surface area (Å²) < 4.78 is 26.5. The lowest BCUT2D eigenvalue weighted by molar-refractivity contribution is -0.119. The zero-order valence-electron chi connectivity index (χ0n) is 18.9. The molecule has 1 aliphatic carbocycles. The molecular weight excluding hydrogens is 409 g/mol. The molecule has 1 unspecified atom stereocenters. The van der Waals surface area contributed by atoms with E-state index in [1.54, 1.807) is 0 Å². The smallest absolute Gasteiger partial charge is 0.255 e. The van der Waals surface area contributed by atoms with Crippen molar-refractivity contribution in [3.8, 4) is 11.6 Å². The number of hydrogen-bond acceptors (Lipinski definition) is 6. The molecule has 6 nitrogen and oxygen atoms in total. The predicted octanol–water partition coefficient (Wildman–Crippen LogP) is 4.93. The van der Waals surface area contributed by atoms with E-state index in [2.05, 4.69) is 16.9 Å². The Morgan fingerprint density at radius 1 is 1.22 bits per heavy atom. The molecule has 0 bridgehead atoms. The van der Waals surface area contributed by atoms with Gasteiger partial charge in [0.2, 0.25) is 5.82 Å². The molecule has 1 saturated heterocycles. The van der Waals surface area contributed by atoms with Crippen LogP contribution in [0, 0.1) is 11.7 Å². The molecule has 1 aliphatic heterocycles. The Bertz CT molecular complexity index is 917. The summed E-state index contributed by atoms with van der Waals surface area (Å²) in [4.78, 5) is 21.9. The van der Waals surface area contributed by atoms with Crippen molar-refractivity contribution in [2.75, 3.05) is 24.6 Å². The highest BCUT2D eigenvalue weighted by molar-refractivity contribution is 5.79. The average Bonchev–Trinajstić information content (AvgIpc) is 3.50. The number of anilines is 1. The molecule has 7 heteroatoms. The molecule has 2 atom stereocenters. The molecule has 2 heterocycles. The van der Waals surface area contributed by atoms with E-state index in [-0.39, 0.29) is 23.7 Å². The zero-order valence-corrected chi connectivity index (χ0v) is 18.9. The molecule has 1 aromatic heterocycles. The number of carbonyl (C=O) groups excluding carboxylic acids is 1. The Morgan fingerprint density at radius 2 is 2.00 bits per heavy atom. The molecule has 1 saturated carbocycles. The van der Waals surface area contributed by atoms with Crippen molar-refractivity contribution in [1.82, 2.24) is 9.97 Å². The van der Waals surface area contributed by atoms with Crippen molar-refractivity contribution in [2.24, 2.45) is 5.92 Å². The van der Waals surface area contributed by atoms with E-state index < -0.39 is 5.82 Å². The largest absolute Gasteiger partial charge is 0.489 e. The van der Waals surface area contributed by atoms with E-state index in [1.807, 2.05) is 36.1 Å². The third kappa shape index (κ3) is 5.75. The van der Waals surface area contributed by atoms with Gasteiger partial charge in [0.15, 0.2) is 5.82 Å². The minimum atomic E-state index is -0.496. The van der Waals surface area contributed by atoms with Crippen molar-refractivity contribution in [3.63, 3.8) is 0 Å². The fourth-order valence-electron chi connectivity index (χ4n) is 4.07. The highest BCUT2D eigenvalue weighted by Crippen LogP contribution is 2.32. The van der Waals surface area contributed by atoms with Gasteiger partial charge in [-0.05, 0) is 48.8 Å². The summed E-state index contributed by atoms with van der Waals surface area (Å²) in [5, 5.41) is 0. The molecule has 2 fully saturated rings. The summed E-state index contributed by atoms with van der Waals surface area (Å²) in [6, 6.07) is 7.96. The Hall–Kier alpha value is -2.70. The maximum Gasteiger partial charge on any atom is 0.255 e. The van der Waals surface area contributed by atoms with E-state index in [0.717, 1.165) is 37.0 Å². The van der Waals surface area contributed by atoms with Crippen LogP contribution < -0.4 is 14.4 Å². The van der Waals surface area contributed by atoms with E-state index in [9.17, 15) is 9.18 Å². The lowest BCUT2D eigenvalue weighted by Crippen LogP contribution is -2.26. The van der Waals surface area contributed by atoms with Gasteiger partial charge in [0.05, 0.1) is 13.2 Å². The van der Waals surface area contributed by atoms with Crippen LogP contribution in [0.2, 0.25) is 0 Å². The standard InChI is InChI=1S/C25H32FN3O3/c1-3-4-20(30)13-17(2)19-7-9-21(10-8-19)32-22-11-12-29(14-22)24-23(26)25(28-16-27-24)31-15-18-5-6-18/h7-10,16-18,22H,3-6,11-15H2,1-2H3/t17-,22?/m1/s1. The molecule has 0 radical (unpaired) electrons. The molecule has 1 aromatic carbocycles. The summed E-state index contributed by atoms with van der Waals surface area (Å²) in [6.07, 6.45) is 6.49. The van der Waals surface area contributed by atoms with Crippen LogP contribution in [0.25, 0.3) is 0 Å². The molecule has 0 amide bonds. The first-order chi connectivity index (χ1) is 15.5. The maximum atomic E-state index is 14.9. The van der Waals surface area contributed by atoms with Crippen LogP contribution in [-0.2, 0) is 4.79 Å². The Kier molecular flexibility index (Phi) is 7.22. The number of carbonyl (C=O) groups is 1. The van der Waals surface area contributed by atoms with Crippen molar-refractivity contribution >= 4 is 11.6 Å². The third-order valence-electron chi connectivity index (χ3n) is 6.15. The first-order valence-electron chi connectivity index (χ1n) is 11.7. The first-order valence-corrected chi connectivity index (χ1v) is 11.7. The maximum absolute atomic E-state index is 14.9. The van der Waals surface area contributed by atoms with Gasteiger partial charge in [0, 0.05) is 25.8 Å². The van der Waals surface area contributed by atoms with Crippen LogP contribution in [0.3, 0.4) is 0 Å². The van der Waals surface area contributed by atoms with E-state index in [4.69, 9.17) is 9.47 Å². The van der Waals surface area contributed by atoms with Crippen molar-refractivity contribution in [2.45, 2.75) is 64.4 Å². The number of ether oxygens (including phenoxy) is 2. The number of hydrogen-bond donors (Lipinski definition) is 0. The van der Waals surface area contributed by atoms with Gasteiger partial charge in [-0.2, -0.15) is 9.37 Å². The molecule has 0 spiro atoms. The Morgan fingerprint density at radius 3 is 2.72 bits per heavy atom. The summed E-state index contributed by atoms with van der Waals surface area (Å²) in [5.74, 6) is 1.63. The number of ketones is 1. The summed E-state index contributed by atoms with van der Waals surface area (Å²) >= 11 is 0. The number of Topliss-reactive ketones (excluding diaryl/α,β-unsaturated/α-hetero) is 1.